The number of rotatable bonds is 6. The van der Waals surface area contributed by atoms with Crippen LogP contribution < -0.4 is 5.32 Å². The van der Waals surface area contributed by atoms with Crippen molar-refractivity contribution in [2.45, 2.75) is 32.6 Å². The predicted molar refractivity (Wildman–Crippen MR) is 75.1 cm³/mol. The maximum absolute atomic E-state index is 11.0. The van der Waals surface area contributed by atoms with Crippen molar-refractivity contribution in [1.29, 1.82) is 0 Å². The van der Waals surface area contributed by atoms with Crippen molar-refractivity contribution in [3.8, 4) is 0 Å². The fourth-order valence-electron chi connectivity index (χ4n) is 2.58. The first kappa shape index (κ1) is 14.3. The summed E-state index contributed by atoms with van der Waals surface area (Å²) in [6.45, 7) is 2.82. The number of carbonyl (C=O) groups is 1. The largest absolute Gasteiger partial charge is 0.478 e. The number of hydrogen-bond acceptors (Lipinski definition) is 4. The van der Waals surface area contributed by atoms with Gasteiger partial charge in [0.15, 0.2) is 0 Å². The summed E-state index contributed by atoms with van der Waals surface area (Å²) in [4.78, 5) is 21.4. The van der Waals surface area contributed by atoms with Crippen LogP contribution in [0.5, 0.6) is 0 Å². The van der Waals surface area contributed by atoms with Crippen molar-refractivity contribution >= 4 is 17.3 Å². The monoisotopic (exact) mass is 278 g/mol. The summed E-state index contributed by atoms with van der Waals surface area (Å²) in [5.41, 5.74) is 0.366. The van der Waals surface area contributed by atoms with Gasteiger partial charge in [0.05, 0.1) is 10.5 Å². The molecule has 0 aromatic heterocycles. The summed E-state index contributed by atoms with van der Waals surface area (Å²) in [6, 6.07) is 3.96. The number of nitro groups is 1. The standard InChI is InChI=1S/C14H18N2O4/c1-2-14(6-3-7-14)9-15-11-5-4-10(13(17)18)8-12(11)16(19)20/h4-5,8,15H,2-3,6-7,9H2,1H3,(H,17,18). The van der Waals surface area contributed by atoms with Gasteiger partial charge in [0.25, 0.3) is 5.69 Å². The molecule has 0 saturated heterocycles. The van der Waals surface area contributed by atoms with E-state index in [-0.39, 0.29) is 16.7 Å². The highest BCUT2D eigenvalue weighted by Crippen LogP contribution is 2.44. The number of nitro benzene ring substituents is 1. The summed E-state index contributed by atoms with van der Waals surface area (Å²) in [6.07, 6.45) is 4.52. The quantitative estimate of drug-likeness (QED) is 0.615. The van der Waals surface area contributed by atoms with Crippen molar-refractivity contribution < 1.29 is 14.8 Å². The van der Waals surface area contributed by atoms with Crippen LogP contribution in [0.4, 0.5) is 11.4 Å². The maximum atomic E-state index is 11.0. The second-order valence-corrected chi connectivity index (χ2v) is 5.35. The summed E-state index contributed by atoms with van der Waals surface area (Å²) < 4.78 is 0. The Labute approximate surface area is 117 Å². The Balaban J connectivity index is 2.18. The van der Waals surface area contributed by atoms with Gasteiger partial charge in [0.2, 0.25) is 0 Å². The molecule has 20 heavy (non-hydrogen) atoms. The second-order valence-electron chi connectivity index (χ2n) is 5.35. The summed E-state index contributed by atoms with van der Waals surface area (Å²) in [7, 11) is 0. The molecule has 0 radical (unpaired) electrons. The third kappa shape index (κ3) is 2.74. The van der Waals surface area contributed by atoms with E-state index in [1.807, 2.05) is 0 Å². The minimum Gasteiger partial charge on any atom is -0.478 e. The number of benzene rings is 1. The smallest absolute Gasteiger partial charge is 0.335 e. The number of anilines is 1. The van der Waals surface area contributed by atoms with E-state index < -0.39 is 10.9 Å². The summed E-state index contributed by atoms with van der Waals surface area (Å²) >= 11 is 0. The Hall–Kier alpha value is -2.11. The molecule has 1 saturated carbocycles. The number of nitrogens with one attached hydrogen (secondary N) is 1. The van der Waals surface area contributed by atoms with Crippen LogP contribution in [0.25, 0.3) is 0 Å². The van der Waals surface area contributed by atoms with Gasteiger partial charge in [-0.05, 0) is 36.8 Å². The first-order valence-electron chi connectivity index (χ1n) is 6.73. The van der Waals surface area contributed by atoms with Gasteiger partial charge in [-0.15, -0.1) is 0 Å². The zero-order valence-electron chi connectivity index (χ0n) is 11.4. The SMILES string of the molecule is CCC1(CNc2ccc(C(=O)O)cc2[N+](=O)[O-])CCC1. The van der Waals surface area contributed by atoms with Crippen LogP contribution in [-0.4, -0.2) is 22.5 Å². The summed E-state index contributed by atoms with van der Waals surface area (Å²) in [5, 5.41) is 23.0. The van der Waals surface area contributed by atoms with Crippen molar-refractivity contribution in [2.24, 2.45) is 5.41 Å². The molecule has 108 valence electrons. The number of nitrogens with zero attached hydrogens (tertiary/aromatic N) is 1. The molecule has 0 heterocycles. The normalized spacial score (nSPS) is 16.2. The Morgan fingerprint density at radius 1 is 1.50 bits per heavy atom. The number of hydrogen-bond donors (Lipinski definition) is 2. The van der Waals surface area contributed by atoms with E-state index in [1.54, 1.807) is 0 Å². The number of carboxylic acids is 1. The van der Waals surface area contributed by atoms with Crippen LogP contribution in [0.15, 0.2) is 18.2 Å². The molecule has 0 atom stereocenters. The average Bonchev–Trinajstić information content (AvgIpc) is 2.37. The molecule has 1 aromatic carbocycles. The Bertz CT molecular complexity index is 532. The van der Waals surface area contributed by atoms with E-state index in [9.17, 15) is 14.9 Å². The van der Waals surface area contributed by atoms with E-state index >= 15 is 0 Å². The van der Waals surface area contributed by atoms with Crippen LogP contribution in [0, 0.1) is 15.5 Å². The van der Waals surface area contributed by atoms with Crippen molar-refractivity contribution in [2.75, 3.05) is 11.9 Å². The first-order chi connectivity index (χ1) is 9.47. The van der Waals surface area contributed by atoms with Gasteiger partial charge in [-0.3, -0.25) is 10.1 Å². The van der Waals surface area contributed by atoms with E-state index in [2.05, 4.69) is 12.2 Å². The lowest BCUT2D eigenvalue weighted by molar-refractivity contribution is -0.384. The van der Waals surface area contributed by atoms with Gasteiger partial charge in [0, 0.05) is 12.6 Å². The third-order valence-electron chi connectivity index (χ3n) is 4.26. The molecule has 0 amide bonds. The van der Waals surface area contributed by atoms with Crippen LogP contribution in [0.3, 0.4) is 0 Å². The highest BCUT2D eigenvalue weighted by atomic mass is 16.6. The lowest BCUT2D eigenvalue weighted by Gasteiger charge is -2.41. The average molecular weight is 278 g/mol. The molecule has 2 rings (SSSR count). The van der Waals surface area contributed by atoms with Gasteiger partial charge in [-0.2, -0.15) is 0 Å². The fourth-order valence-corrected chi connectivity index (χ4v) is 2.58. The molecule has 1 aliphatic rings. The predicted octanol–water partition coefficient (Wildman–Crippen LogP) is 3.29. The number of carboxylic acid groups (broad SMARTS) is 1. The lowest BCUT2D eigenvalue weighted by Crippen LogP contribution is -2.35. The molecular weight excluding hydrogens is 260 g/mol. The minimum atomic E-state index is -1.16. The van der Waals surface area contributed by atoms with Crippen molar-refractivity contribution in [3.63, 3.8) is 0 Å². The van der Waals surface area contributed by atoms with Crippen molar-refractivity contribution in [1.82, 2.24) is 0 Å². The topological polar surface area (TPSA) is 92.5 Å². The number of aromatic carboxylic acids is 1. The molecular formula is C14H18N2O4. The fraction of sp³-hybridized carbons (Fsp3) is 0.500. The van der Waals surface area contributed by atoms with E-state index in [1.165, 1.54) is 18.6 Å². The van der Waals surface area contributed by atoms with Gasteiger partial charge < -0.3 is 10.4 Å². The molecule has 1 aliphatic carbocycles. The zero-order valence-corrected chi connectivity index (χ0v) is 11.4. The highest BCUT2D eigenvalue weighted by molar-refractivity contribution is 5.89. The molecule has 0 bridgehead atoms. The lowest BCUT2D eigenvalue weighted by atomic mass is 9.67. The summed E-state index contributed by atoms with van der Waals surface area (Å²) in [5.74, 6) is -1.16. The Kier molecular flexibility index (Phi) is 3.92. The molecule has 1 aromatic rings. The minimum absolute atomic E-state index is 0.0731. The van der Waals surface area contributed by atoms with E-state index in [0.717, 1.165) is 25.3 Å². The van der Waals surface area contributed by atoms with Gasteiger partial charge >= 0.3 is 5.97 Å². The molecule has 1 fully saturated rings. The molecule has 6 heteroatoms. The van der Waals surface area contributed by atoms with E-state index in [0.29, 0.717) is 12.2 Å². The molecule has 0 aliphatic heterocycles. The second kappa shape index (κ2) is 5.48. The van der Waals surface area contributed by atoms with Crippen LogP contribution >= 0.6 is 0 Å². The zero-order chi connectivity index (χ0) is 14.8. The maximum Gasteiger partial charge on any atom is 0.335 e. The third-order valence-corrected chi connectivity index (χ3v) is 4.26. The van der Waals surface area contributed by atoms with Crippen LogP contribution in [0.1, 0.15) is 43.0 Å². The van der Waals surface area contributed by atoms with Crippen LogP contribution in [0.2, 0.25) is 0 Å². The van der Waals surface area contributed by atoms with Crippen LogP contribution in [-0.2, 0) is 0 Å². The van der Waals surface area contributed by atoms with Gasteiger partial charge in [0.1, 0.15) is 5.69 Å². The first-order valence-corrected chi connectivity index (χ1v) is 6.73. The Morgan fingerprint density at radius 3 is 2.65 bits per heavy atom. The van der Waals surface area contributed by atoms with E-state index in [4.69, 9.17) is 5.11 Å². The molecule has 6 nitrogen and oxygen atoms in total. The van der Waals surface area contributed by atoms with Gasteiger partial charge in [-0.25, -0.2) is 4.79 Å². The van der Waals surface area contributed by atoms with Crippen molar-refractivity contribution in [3.05, 3.63) is 33.9 Å². The molecule has 2 N–H and O–H groups in total. The molecule has 0 unspecified atom stereocenters. The van der Waals surface area contributed by atoms with Gasteiger partial charge in [-0.1, -0.05) is 13.3 Å². The molecule has 0 spiro atoms. The highest BCUT2D eigenvalue weighted by Gasteiger charge is 2.35. The Morgan fingerprint density at radius 2 is 2.20 bits per heavy atom.